The van der Waals surface area contributed by atoms with Gasteiger partial charge in [-0.05, 0) is 30.7 Å². The first-order chi connectivity index (χ1) is 17.4. The topological polar surface area (TPSA) is 91.4 Å². The molecule has 0 spiro atoms. The third-order valence-electron chi connectivity index (χ3n) is 5.99. The molecule has 36 heavy (non-hydrogen) atoms. The van der Waals surface area contributed by atoms with Crippen molar-refractivity contribution < 1.29 is 9.59 Å². The van der Waals surface area contributed by atoms with E-state index in [-0.39, 0.29) is 35.0 Å². The highest BCUT2D eigenvalue weighted by atomic mass is 32.2. The number of ketones is 2. The number of anilines is 2. The number of allylic oxidation sites excluding steroid dienone is 1. The number of nitrogens with zero attached hydrogens (tertiary/aromatic N) is 5. The molecule has 7 nitrogen and oxygen atoms in total. The minimum absolute atomic E-state index is 0.0871. The van der Waals surface area contributed by atoms with Gasteiger partial charge in [-0.3, -0.25) is 9.59 Å². The maximum Gasteiger partial charge on any atom is 0.196 e. The van der Waals surface area contributed by atoms with Gasteiger partial charge in [0.1, 0.15) is 34.1 Å². The van der Waals surface area contributed by atoms with Crippen LogP contribution in [0.5, 0.6) is 0 Å². The zero-order chi connectivity index (χ0) is 25.8. The fourth-order valence-corrected chi connectivity index (χ4v) is 6.41. The summed E-state index contributed by atoms with van der Waals surface area (Å²) in [5.74, 6) is 0.245. The molecule has 2 heterocycles. The first-order valence-electron chi connectivity index (χ1n) is 11.5. The molecule has 0 N–H and O–H groups in total. The molecule has 2 aliphatic rings. The van der Waals surface area contributed by atoms with Gasteiger partial charge in [-0.25, -0.2) is 0 Å². The van der Waals surface area contributed by atoms with Gasteiger partial charge in [0, 0.05) is 30.4 Å². The molecule has 2 aliphatic heterocycles. The van der Waals surface area contributed by atoms with Crippen molar-refractivity contribution in [1.29, 1.82) is 10.5 Å². The summed E-state index contributed by atoms with van der Waals surface area (Å²) in [4.78, 5) is 33.1. The molecule has 0 bridgehead atoms. The lowest BCUT2D eigenvalue weighted by Crippen LogP contribution is -2.32. The molecule has 0 aromatic heterocycles. The Labute approximate surface area is 219 Å². The minimum atomic E-state index is -0.248. The highest BCUT2D eigenvalue weighted by Gasteiger charge is 2.33. The standard InChI is InChI=1S/C27H25N5O2S2/c1-4-13-32-16-22(33)18(14-28)26(32)30(2)20-9-5-7-11-24(20)35-17-23(34)19(15-29)27-31(3)21-10-6-8-12-25(21)36-27/h5-12H,4,13,16-17H2,1-3H3/b27-19+. The van der Waals surface area contributed by atoms with E-state index in [1.54, 1.807) is 0 Å². The van der Waals surface area contributed by atoms with Crippen LogP contribution in [0.15, 0.2) is 80.3 Å². The summed E-state index contributed by atoms with van der Waals surface area (Å²) in [6.07, 6.45) is 0.843. The van der Waals surface area contributed by atoms with Gasteiger partial charge >= 0.3 is 0 Å². The van der Waals surface area contributed by atoms with E-state index in [2.05, 4.69) is 12.1 Å². The van der Waals surface area contributed by atoms with Gasteiger partial charge in [0.25, 0.3) is 0 Å². The van der Waals surface area contributed by atoms with Crippen molar-refractivity contribution in [2.45, 2.75) is 23.1 Å². The van der Waals surface area contributed by atoms with Gasteiger partial charge < -0.3 is 14.7 Å². The second-order valence-corrected chi connectivity index (χ2v) is 10.4. The van der Waals surface area contributed by atoms with Crippen molar-refractivity contribution >= 4 is 46.5 Å². The van der Waals surface area contributed by atoms with E-state index in [0.717, 1.165) is 27.6 Å². The number of carbonyl (C=O) groups excluding carboxylic acids is 2. The third kappa shape index (κ3) is 4.73. The second-order valence-electron chi connectivity index (χ2n) is 8.31. The maximum atomic E-state index is 13.2. The van der Waals surface area contributed by atoms with E-state index in [4.69, 9.17) is 0 Å². The molecule has 9 heteroatoms. The molecule has 0 saturated heterocycles. The predicted molar refractivity (Wildman–Crippen MR) is 143 cm³/mol. The van der Waals surface area contributed by atoms with Crippen molar-refractivity contribution in [3.05, 3.63) is 70.5 Å². The number of Topliss-reactive ketones (excluding diaryl/α,β-unsaturated/α-hetero) is 2. The molecule has 0 atom stereocenters. The molecule has 0 aliphatic carbocycles. The normalized spacial score (nSPS) is 16.1. The Hall–Kier alpha value is -3.66. The number of fused-ring (bicyclic) bond motifs is 1. The van der Waals surface area contributed by atoms with Crippen LogP contribution < -0.4 is 9.80 Å². The Morgan fingerprint density at radius 1 is 1.17 bits per heavy atom. The molecule has 0 radical (unpaired) electrons. The zero-order valence-corrected chi connectivity index (χ0v) is 21.9. The number of nitriles is 2. The lowest BCUT2D eigenvalue weighted by molar-refractivity contribution is -0.115. The van der Waals surface area contributed by atoms with Crippen LogP contribution in [-0.4, -0.2) is 49.4 Å². The van der Waals surface area contributed by atoms with Crippen molar-refractivity contribution in [2.75, 3.05) is 42.7 Å². The van der Waals surface area contributed by atoms with E-state index >= 15 is 0 Å². The number of thioether (sulfide) groups is 2. The maximum absolute atomic E-state index is 13.2. The number of hydrogen-bond acceptors (Lipinski definition) is 9. The third-order valence-corrected chi connectivity index (χ3v) is 8.29. The Bertz CT molecular complexity index is 1370. The van der Waals surface area contributed by atoms with Crippen molar-refractivity contribution in [2.24, 2.45) is 0 Å². The van der Waals surface area contributed by atoms with Gasteiger partial charge in [0.2, 0.25) is 0 Å². The Morgan fingerprint density at radius 3 is 2.58 bits per heavy atom. The molecule has 2 aromatic rings. The molecule has 0 saturated carbocycles. The van der Waals surface area contributed by atoms with E-state index < -0.39 is 0 Å². The first-order valence-corrected chi connectivity index (χ1v) is 13.3. The van der Waals surface area contributed by atoms with E-state index in [0.29, 0.717) is 17.4 Å². The number of carbonyl (C=O) groups is 2. The molecule has 4 rings (SSSR count). The van der Waals surface area contributed by atoms with Gasteiger partial charge in [0.15, 0.2) is 11.6 Å². The highest BCUT2D eigenvalue weighted by Crippen LogP contribution is 2.46. The molecule has 0 unspecified atom stereocenters. The van der Waals surface area contributed by atoms with Crippen molar-refractivity contribution in [3.8, 4) is 12.1 Å². The SMILES string of the molecule is CCCN1CC(=O)C(C#N)=C1N(C)c1ccccc1SCC(=O)/C(C#N)=C1/Sc2ccccc2N1C. The van der Waals surface area contributed by atoms with Crippen molar-refractivity contribution in [3.63, 3.8) is 0 Å². The Morgan fingerprint density at radius 2 is 1.89 bits per heavy atom. The molecule has 182 valence electrons. The van der Waals surface area contributed by atoms with Crippen LogP contribution in [0.1, 0.15) is 13.3 Å². The largest absolute Gasteiger partial charge is 0.349 e. The summed E-state index contributed by atoms with van der Waals surface area (Å²) in [6, 6.07) is 19.6. The smallest absolute Gasteiger partial charge is 0.196 e. The summed E-state index contributed by atoms with van der Waals surface area (Å²) in [5, 5.41) is 20.1. The summed E-state index contributed by atoms with van der Waals surface area (Å²) in [7, 11) is 3.70. The highest BCUT2D eigenvalue weighted by molar-refractivity contribution is 8.03. The van der Waals surface area contributed by atoms with Gasteiger partial charge in [-0.2, -0.15) is 10.5 Å². The summed E-state index contributed by atoms with van der Waals surface area (Å²) < 4.78 is 0. The molecule has 0 amide bonds. The van der Waals surface area contributed by atoms with E-state index in [9.17, 15) is 20.1 Å². The van der Waals surface area contributed by atoms with Gasteiger partial charge in [-0.15, -0.1) is 11.8 Å². The van der Waals surface area contributed by atoms with Crippen LogP contribution in [-0.2, 0) is 9.59 Å². The lowest BCUT2D eigenvalue weighted by Gasteiger charge is -2.30. The fourth-order valence-electron chi connectivity index (χ4n) is 4.29. The summed E-state index contributed by atoms with van der Waals surface area (Å²) >= 11 is 2.77. The molecular formula is C27H25N5O2S2. The van der Waals surface area contributed by atoms with Gasteiger partial charge in [-0.1, -0.05) is 43.0 Å². The van der Waals surface area contributed by atoms with Crippen LogP contribution in [0.4, 0.5) is 11.4 Å². The second kappa shape index (κ2) is 10.9. The molecule has 2 aromatic carbocycles. The molecule has 0 fully saturated rings. The quantitative estimate of drug-likeness (QED) is 0.279. The van der Waals surface area contributed by atoms with Crippen LogP contribution in [0.2, 0.25) is 0 Å². The summed E-state index contributed by atoms with van der Waals surface area (Å²) in [6.45, 7) is 2.88. The van der Waals surface area contributed by atoms with Crippen LogP contribution >= 0.6 is 23.5 Å². The predicted octanol–water partition coefficient (Wildman–Crippen LogP) is 4.79. The van der Waals surface area contributed by atoms with Crippen LogP contribution in [0.3, 0.4) is 0 Å². The minimum Gasteiger partial charge on any atom is -0.349 e. The Kier molecular flexibility index (Phi) is 7.73. The van der Waals surface area contributed by atoms with Gasteiger partial charge in [0.05, 0.1) is 23.7 Å². The van der Waals surface area contributed by atoms with E-state index in [1.165, 1.54) is 23.5 Å². The average Bonchev–Trinajstić information content (AvgIpc) is 3.39. The fraction of sp³-hybridized carbons (Fsp3) is 0.259. The van der Waals surface area contributed by atoms with Crippen LogP contribution in [0, 0.1) is 22.7 Å². The average molecular weight is 516 g/mol. The molecular weight excluding hydrogens is 490 g/mol. The lowest BCUT2D eigenvalue weighted by atomic mass is 10.2. The first kappa shape index (κ1) is 25.4. The monoisotopic (exact) mass is 515 g/mol. The Balaban J connectivity index is 1.58. The zero-order valence-electron chi connectivity index (χ0n) is 20.3. The number of benzene rings is 2. The van der Waals surface area contributed by atoms with Crippen LogP contribution in [0.25, 0.3) is 0 Å². The summed E-state index contributed by atoms with van der Waals surface area (Å²) in [5.41, 5.74) is 2.06. The number of rotatable bonds is 8. The van der Waals surface area contributed by atoms with E-state index in [1.807, 2.05) is 84.2 Å². The van der Waals surface area contributed by atoms with Crippen molar-refractivity contribution in [1.82, 2.24) is 4.90 Å². The number of hydrogen-bond donors (Lipinski definition) is 0. The number of para-hydroxylation sites is 2.